The Bertz CT molecular complexity index is 792. The largest absolute Gasteiger partial charge is 0.493 e. The van der Waals surface area contributed by atoms with E-state index in [0.717, 1.165) is 16.9 Å². The van der Waals surface area contributed by atoms with E-state index < -0.39 is 0 Å². The molecule has 0 unspecified atom stereocenters. The van der Waals surface area contributed by atoms with E-state index in [9.17, 15) is 4.79 Å². The molecule has 0 aromatic heterocycles. The minimum atomic E-state index is -0.152. The van der Waals surface area contributed by atoms with Crippen molar-refractivity contribution in [2.45, 2.75) is 5.75 Å². The number of benzene rings is 2. The quantitative estimate of drug-likeness (QED) is 0.449. The molecule has 7 heteroatoms. The van der Waals surface area contributed by atoms with Crippen molar-refractivity contribution in [1.29, 1.82) is 0 Å². The van der Waals surface area contributed by atoms with Crippen molar-refractivity contribution in [3.8, 4) is 11.5 Å². The van der Waals surface area contributed by atoms with Gasteiger partial charge in [0.15, 0.2) is 11.5 Å². The van der Waals surface area contributed by atoms with Gasteiger partial charge in [0.1, 0.15) is 0 Å². The Labute approximate surface area is 173 Å². The minimum Gasteiger partial charge on any atom is -0.493 e. The number of ether oxygens (including phenoxy) is 2. The smallest absolute Gasteiger partial charge is 0.244 e. The zero-order chi connectivity index (χ0) is 19.6. The van der Waals surface area contributed by atoms with Crippen molar-refractivity contribution in [2.24, 2.45) is 0 Å². The molecule has 0 heterocycles. The highest BCUT2D eigenvalue weighted by Crippen LogP contribution is 2.28. The summed E-state index contributed by atoms with van der Waals surface area (Å²) in [6.45, 7) is 0.557. The van der Waals surface area contributed by atoms with Gasteiger partial charge in [-0.05, 0) is 41.5 Å². The first-order valence-corrected chi connectivity index (χ1v) is 10.1. The van der Waals surface area contributed by atoms with Gasteiger partial charge in [-0.25, -0.2) is 0 Å². The maximum Gasteiger partial charge on any atom is 0.244 e. The first-order valence-electron chi connectivity index (χ1n) is 8.23. The summed E-state index contributed by atoms with van der Waals surface area (Å²) in [5.74, 6) is 2.58. The molecule has 0 spiro atoms. The Kier molecular flexibility index (Phi) is 8.85. The van der Waals surface area contributed by atoms with Crippen molar-refractivity contribution in [1.82, 2.24) is 5.32 Å². The molecule has 2 rings (SSSR count). The number of carbonyl (C=O) groups is 1. The van der Waals surface area contributed by atoms with Crippen LogP contribution in [0, 0.1) is 0 Å². The number of methoxy groups -OCH3 is 2. The van der Waals surface area contributed by atoms with Crippen LogP contribution >= 0.6 is 35.0 Å². The highest BCUT2D eigenvalue weighted by Gasteiger charge is 2.06. The Morgan fingerprint density at radius 2 is 1.81 bits per heavy atom. The van der Waals surface area contributed by atoms with Gasteiger partial charge in [-0.15, -0.1) is 0 Å². The van der Waals surface area contributed by atoms with Crippen LogP contribution in [-0.4, -0.2) is 32.4 Å². The third-order valence-electron chi connectivity index (χ3n) is 3.69. The zero-order valence-electron chi connectivity index (χ0n) is 15.1. The Morgan fingerprint density at radius 3 is 2.48 bits per heavy atom. The maximum atomic E-state index is 11.9. The Morgan fingerprint density at radius 1 is 1.11 bits per heavy atom. The summed E-state index contributed by atoms with van der Waals surface area (Å²) in [4.78, 5) is 11.9. The Balaban J connectivity index is 1.75. The topological polar surface area (TPSA) is 47.6 Å². The first-order chi connectivity index (χ1) is 13.0. The summed E-state index contributed by atoms with van der Waals surface area (Å²) in [6.07, 6.45) is 3.23. The van der Waals surface area contributed by atoms with Crippen LogP contribution in [0.2, 0.25) is 10.0 Å². The molecule has 0 atom stereocenters. The number of nitrogens with one attached hydrogen (secondary N) is 1. The summed E-state index contributed by atoms with van der Waals surface area (Å²) in [5, 5.41) is 4.18. The van der Waals surface area contributed by atoms with Gasteiger partial charge in [-0.3, -0.25) is 4.79 Å². The van der Waals surface area contributed by atoms with E-state index >= 15 is 0 Å². The Hall–Kier alpha value is -1.82. The molecule has 1 N–H and O–H groups in total. The predicted molar refractivity (Wildman–Crippen MR) is 114 cm³/mol. The molecule has 4 nitrogen and oxygen atoms in total. The number of thioether (sulfide) groups is 1. The molecule has 2 aromatic carbocycles. The van der Waals surface area contributed by atoms with Crippen LogP contribution in [0.5, 0.6) is 11.5 Å². The summed E-state index contributed by atoms with van der Waals surface area (Å²) in [7, 11) is 3.16. The van der Waals surface area contributed by atoms with Crippen LogP contribution in [0.15, 0.2) is 42.5 Å². The molecule has 0 aliphatic carbocycles. The van der Waals surface area contributed by atoms with Crippen LogP contribution in [0.3, 0.4) is 0 Å². The summed E-state index contributed by atoms with van der Waals surface area (Å²) >= 11 is 13.9. The van der Waals surface area contributed by atoms with Crippen molar-refractivity contribution >= 4 is 46.9 Å². The maximum absolute atomic E-state index is 11.9. The standard InChI is InChI=1S/C20H21Cl2NO3S/c1-25-18-8-6-14(12-19(18)26-2)7-9-20(24)23-10-11-27-13-15-16(21)4-3-5-17(15)22/h3-9,12H,10-11,13H2,1-2H3,(H,23,24). The van der Waals surface area contributed by atoms with Gasteiger partial charge in [-0.2, -0.15) is 11.8 Å². The predicted octanol–water partition coefficient (Wildman–Crippen LogP) is 5.07. The highest BCUT2D eigenvalue weighted by molar-refractivity contribution is 7.98. The van der Waals surface area contributed by atoms with Gasteiger partial charge in [-0.1, -0.05) is 35.3 Å². The summed E-state index contributed by atoms with van der Waals surface area (Å²) < 4.78 is 10.4. The van der Waals surface area contributed by atoms with Crippen LogP contribution in [0.25, 0.3) is 6.08 Å². The molecule has 1 amide bonds. The number of halogens is 2. The van der Waals surface area contributed by atoms with E-state index in [1.54, 1.807) is 38.1 Å². The van der Waals surface area contributed by atoms with Crippen LogP contribution in [0.1, 0.15) is 11.1 Å². The molecule has 2 aromatic rings. The van der Waals surface area contributed by atoms with E-state index in [1.807, 2.05) is 30.3 Å². The third kappa shape index (κ3) is 6.69. The van der Waals surface area contributed by atoms with E-state index in [4.69, 9.17) is 32.7 Å². The van der Waals surface area contributed by atoms with Gasteiger partial charge in [0.05, 0.1) is 14.2 Å². The second-order valence-electron chi connectivity index (χ2n) is 5.49. The number of rotatable bonds is 9. The van der Waals surface area contributed by atoms with E-state index in [2.05, 4.69) is 5.32 Å². The number of amides is 1. The highest BCUT2D eigenvalue weighted by atomic mass is 35.5. The minimum absolute atomic E-state index is 0.152. The molecule has 0 aliphatic heterocycles. The molecular formula is C20H21Cl2NO3S. The molecule has 0 radical (unpaired) electrons. The van der Waals surface area contributed by atoms with Crippen molar-refractivity contribution in [3.05, 3.63) is 63.6 Å². The molecular weight excluding hydrogens is 405 g/mol. The van der Waals surface area contributed by atoms with Crippen molar-refractivity contribution < 1.29 is 14.3 Å². The van der Waals surface area contributed by atoms with Crippen molar-refractivity contribution in [2.75, 3.05) is 26.5 Å². The number of hydrogen-bond acceptors (Lipinski definition) is 4. The third-order valence-corrected chi connectivity index (χ3v) is 5.38. The lowest BCUT2D eigenvalue weighted by Gasteiger charge is -2.08. The van der Waals surface area contributed by atoms with Crippen LogP contribution in [-0.2, 0) is 10.5 Å². The molecule has 0 fully saturated rings. The average molecular weight is 426 g/mol. The molecule has 144 valence electrons. The van der Waals surface area contributed by atoms with E-state index in [-0.39, 0.29) is 5.91 Å². The lowest BCUT2D eigenvalue weighted by molar-refractivity contribution is -0.116. The average Bonchev–Trinajstić information content (AvgIpc) is 2.67. The fraction of sp³-hybridized carbons (Fsp3) is 0.250. The van der Waals surface area contributed by atoms with Crippen molar-refractivity contribution in [3.63, 3.8) is 0 Å². The number of carbonyl (C=O) groups excluding carboxylic acids is 1. The molecule has 27 heavy (non-hydrogen) atoms. The van der Waals surface area contributed by atoms with Gasteiger partial charge in [0.25, 0.3) is 0 Å². The lowest BCUT2D eigenvalue weighted by atomic mass is 10.2. The fourth-order valence-corrected chi connectivity index (χ4v) is 3.87. The molecule has 0 bridgehead atoms. The normalized spacial score (nSPS) is 10.8. The van der Waals surface area contributed by atoms with E-state index in [0.29, 0.717) is 33.8 Å². The van der Waals surface area contributed by atoms with Gasteiger partial charge in [0.2, 0.25) is 5.91 Å². The van der Waals surface area contributed by atoms with Gasteiger partial charge < -0.3 is 14.8 Å². The van der Waals surface area contributed by atoms with E-state index in [1.165, 1.54) is 6.08 Å². The first kappa shape index (κ1) is 21.5. The second kappa shape index (κ2) is 11.1. The SMILES string of the molecule is COc1ccc(C=CC(=O)NCCSCc2c(Cl)cccc2Cl)cc1OC. The lowest BCUT2D eigenvalue weighted by Crippen LogP contribution is -2.23. The molecule has 0 aliphatic rings. The second-order valence-corrected chi connectivity index (χ2v) is 7.41. The monoisotopic (exact) mass is 425 g/mol. The zero-order valence-corrected chi connectivity index (χ0v) is 17.5. The fourth-order valence-electron chi connectivity index (χ4n) is 2.28. The van der Waals surface area contributed by atoms with Crippen LogP contribution in [0.4, 0.5) is 0 Å². The molecule has 0 saturated carbocycles. The summed E-state index contributed by atoms with van der Waals surface area (Å²) in [5.41, 5.74) is 1.77. The van der Waals surface area contributed by atoms with Crippen LogP contribution < -0.4 is 14.8 Å². The molecule has 0 saturated heterocycles. The summed E-state index contributed by atoms with van der Waals surface area (Å²) in [6, 6.07) is 10.9. The number of hydrogen-bond donors (Lipinski definition) is 1. The van der Waals surface area contributed by atoms with Gasteiger partial charge in [0, 0.05) is 34.2 Å². The van der Waals surface area contributed by atoms with Gasteiger partial charge >= 0.3 is 0 Å².